The highest BCUT2D eigenvalue weighted by Crippen LogP contribution is 2.43. The van der Waals surface area contributed by atoms with E-state index in [-0.39, 0.29) is 0 Å². The zero-order valence-corrected chi connectivity index (χ0v) is 10.6. The summed E-state index contributed by atoms with van der Waals surface area (Å²) in [6, 6.07) is 2.72. The molecule has 94 valence electrons. The first kappa shape index (κ1) is 11.3. The second-order valence-corrected chi connectivity index (χ2v) is 5.78. The van der Waals surface area contributed by atoms with Gasteiger partial charge in [0, 0.05) is 12.1 Å². The molecule has 0 spiro atoms. The molecule has 0 bridgehead atoms. The van der Waals surface area contributed by atoms with Gasteiger partial charge in [0.05, 0.1) is 12.2 Å². The van der Waals surface area contributed by atoms with E-state index >= 15 is 0 Å². The van der Waals surface area contributed by atoms with E-state index in [1.807, 2.05) is 13.0 Å². The SMILES string of the molecule is Cc1cc(CNC2CCCC(C3CC3)C2)on1. The van der Waals surface area contributed by atoms with Crippen LogP contribution in [0.15, 0.2) is 10.6 Å². The summed E-state index contributed by atoms with van der Waals surface area (Å²) in [5, 5.41) is 7.55. The van der Waals surface area contributed by atoms with Crippen molar-refractivity contribution in [2.24, 2.45) is 11.8 Å². The van der Waals surface area contributed by atoms with Gasteiger partial charge >= 0.3 is 0 Å². The molecular weight excluding hydrogens is 212 g/mol. The predicted molar refractivity (Wildman–Crippen MR) is 66.5 cm³/mol. The molecule has 3 nitrogen and oxygen atoms in total. The Hall–Kier alpha value is -0.830. The van der Waals surface area contributed by atoms with Crippen molar-refractivity contribution in [2.45, 2.75) is 58.0 Å². The lowest BCUT2D eigenvalue weighted by molar-refractivity contribution is 0.253. The van der Waals surface area contributed by atoms with E-state index in [9.17, 15) is 0 Å². The predicted octanol–water partition coefficient (Wildman–Crippen LogP) is 3.04. The highest BCUT2D eigenvalue weighted by molar-refractivity contribution is 5.03. The summed E-state index contributed by atoms with van der Waals surface area (Å²) in [6.07, 6.45) is 8.53. The van der Waals surface area contributed by atoms with E-state index in [4.69, 9.17) is 4.52 Å². The molecule has 2 fully saturated rings. The van der Waals surface area contributed by atoms with Gasteiger partial charge in [-0.25, -0.2) is 0 Å². The van der Waals surface area contributed by atoms with Gasteiger partial charge in [-0.05, 0) is 44.4 Å². The Bertz CT molecular complexity index is 370. The fraction of sp³-hybridized carbons (Fsp3) is 0.786. The third kappa shape index (κ3) is 2.89. The van der Waals surface area contributed by atoms with Crippen LogP contribution in [0.25, 0.3) is 0 Å². The molecule has 0 aromatic carbocycles. The summed E-state index contributed by atoms with van der Waals surface area (Å²) in [5.74, 6) is 3.03. The molecule has 1 N–H and O–H groups in total. The van der Waals surface area contributed by atoms with Crippen LogP contribution in [0.4, 0.5) is 0 Å². The summed E-state index contributed by atoms with van der Waals surface area (Å²) in [7, 11) is 0. The fourth-order valence-electron chi connectivity index (χ4n) is 3.15. The minimum atomic E-state index is 0.694. The first-order valence-electron chi connectivity index (χ1n) is 6.97. The summed E-state index contributed by atoms with van der Waals surface area (Å²) < 4.78 is 5.23. The molecule has 2 aliphatic carbocycles. The molecule has 1 aromatic heterocycles. The zero-order chi connectivity index (χ0) is 11.7. The van der Waals surface area contributed by atoms with Crippen molar-refractivity contribution in [1.29, 1.82) is 0 Å². The van der Waals surface area contributed by atoms with Gasteiger partial charge in [-0.15, -0.1) is 0 Å². The van der Waals surface area contributed by atoms with Gasteiger partial charge in [-0.3, -0.25) is 0 Å². The highest BCUT2D eigenvalue weighted by atomic mass is 16.5. The minimum Gasteiger partial charge on any atom is -0.360 e. The van der Waals surface area contributed by atoms with Gasteiger partial charge in [-0.1, -0.05) is 18.0 Å². The Labute approximate surface area is 103 Å². The van der Waals surface area contributed by atoms with Crippen molar-refractivity contribution < 1.29 is 4.52 Å². The number of hydrogen-bond donors (Lipinski definition) is 1. The summed E-state index contributed by atoms with van der Waals surface area (Å²) in [4.78, 5) is 0. The molecule has 17 heavy (non-hydrogen) atoms. The van der Waals surface area contributed by atoms with Crippen molar-refractivity contribution >= 4 is 0 Å². The quantitative estimate of drug-likeness (QED) is 0.870. The van der Waals surface area contributed by atoms with Gasteiger partial charge < -0.3 is 9.84 Å². The topological polar surface area (TPSA) is 38.1 Å². The van der Waals surface area contributed by atoms with Crippen LogP contribution in [-0.2, 0) is 6.54 Å². The van der Waals surface area contributed by atoms with Crippen LogP contribution in [0.5, 0.6) is 0 Å². The van der Waals surface area contributed by atoms with Gasteiger partial charge in [0.25, 0.3) is 0 Å². The summed E-state index contributed by atoms with van der Waals surface area (Å²) >= 11 is 0. The Morgan fingerprint density at radius 2 is 2.18 bits per heavy atom. The first-order valence-corrected chi connectivity index (χ1v) is 6.97. The van der Waals surface area contributed by atoms with Crippen LogP contribution in [0.3, 0.4) is 0 Å². The molecule has 0 saturated heterocycles. The molecule has 0 amide bonds. The normalized spacial score (nSPS) is 29.5. The van der Waals surface area contributed by atoms with Crippen LogP contribution in [0.1, 0.15) is 50.0 Å². The van der Waals surface area contributed by atoms with E-state index in [0.29, 0.717) is 6.04 Å². The van der Waals surface area contributed by atoms with E-state index < -0.39 is 0 Å². The molecule has 1 aromatic rings. The molecule has 0 aliphatic heterocycles. The standard InChI is InChI=1S/C14H22N2O/c1-10-7-14(17-16-10)9-15-13-4-2-3-12(8-13)11-5-6-11/h7,11-13,15H,2-6,8-9H2,1H3. The maximum Gasteiger partial charge on any atom is 0.150 e. The van der Waals surface area contributed by atoms with Crippen LogP contribution in [0, 0.1) is 18.8 Å². The number of nitrogens with one attached hydrogen (secondary N) is 1. The third-order valence-electron chi connectivity index (χ3n) is 4.25. The van der Waals surface area contributed by atoms with E-state index in [1.54, 1.807) is 0 Å². The van der Waals surface area contributed by atoms with Gasteiger partial charge in [0.1, 0.15) is 0 Å². The lowest BCUT2D eigenvalue weighted by atomic mass is 9.83. The van der Waals surface area contributed by atoms with E-state index in [2.05, 4.69) is 10.5 Å². The Balaban J connectivity index is 1.47. The molecular formula is C14H22N2O. The van der Waals surface area contributed by atoms with Crippen molar-refractivity contribution in [1.82, 2.24) is 10.5 Å². The van der Waals surface area contributed by atoms with Crippen LogP contribution < -0.4 is 5.32 Å². The number of hydrogen-bond acceptors (Lipinski definition) is 3. The van der Waals surface area contributed by atoms with Crippen molar-refractivity contribution in [3.63, 3.8) is 0 Å². The average molecular weight is 234 g/mol. The highest BCUT2D eigenvalue weighted by Gasteiger charge is 2.34. The fourth-order valence-corrected chi connectivity index (χ4v) is 3.15. The maximum atomic E-state index is 5.23. The lowest BCUT2D eigenvalue weighted by Crippen LogP contribution is -2.34. The van der Waals surface area contributed by atoms with Crippen LogP contribution in [0.2, 0.25) is 0 Å². The van der Waals surface area contributed by atoms with Crippen molar-refractivity contribution in [2.75, 3.05) is 0 Å². The molecule has 0 radical (unpaired) electrons. The molecule has 3 heteroatoms. The first-order chi connectivity index (χ1) is 8.31. The van der Waals surface area contributed by atoms with Crippen LogP contribution >= 0.6 is 0 Å². The van der Waals surface area contributed by atoms with E-state index in [1.165, 1.54) is 38.5 Å². The largest absolute Gasteiger partial charge is 0.360 e. The Kier molecular flexibility index (Phi) is 3.19. The number of aromatic nitrogens is 1. The van der Waals surface area contributed by atoms with Gasteiger partial charge in [0.15, 0.2) is 5.76 Å². The summed E-state index contributed by atoms with van der Waals surface area (Å²) in [5.41, 5.74) is 0.973. The molecule has 2 aliphatic rings. The number of aryl methyl sites for hydroxylation is 1. The van der Waals surface area contributed by atoms with Crippen LogP contribution in [-0.4, -0.2) is 11.2 Å². The zero-order valence-electron chi connectivity index (χ0n) is 10.6. The van der Waals surface area contributed by atoms with Crippen molar-refractivity contribution in [3.8, 4) is 0 Å². The second-order valence-electron chi connectivity index (χ2n) is 5.78. The molecule has 2 saturated carbocycles. The monoisotopic (exact) mass is 234 g/mol. The number of rotatable bonds is 4. The van der Waals surface area contributed by atoms with Gasteiger partial charge in [-0.2, -0.15) is 0 Å². The molecule has 2 unspecified atom stereocenters. The molecule has 3 rings (SSSR count). The molecule has 2 atom stereocenters. The van der Waals surface area contributed by atoms with Gasteiger partial charge in [0.2, 0.25) is 0 Å². The number of nitrogens with zero attached hydrogens (tertiary/aromatic N) is 1. The van der Waals surface area contributed by atoms with Crippen molar-refractivity contribution in [3.05, 3.63) is 17.5 Å². The summed E-state index contributed by atoms with van der Waals surface area (Å²) in [6.45, 7) is 2.81. The Morgan fingerprint density at radius 1 is 1.29 bits per heavy atom. The maximum absolute atomic E-state index is 5.23. The lowest BCUT2D eigenvalue weighted by Gasteiger charge is -2.29. The third-order valence-corrected chi connectivity index (χ3v) is 4.25. The smallest absolute Gasteiger partial charge is 0.150 e. The minimum absolute atomic E-state index is 0.694. The Morgan fingerprint density at radius 3 is 2.88 bits per heavy atom. The molecule has 1 heterocycles. The second kappa shape index (κ2) is 4.81. The van der Waals surface area contributed by atoms with E-state index in [0.717, 1.165) is 29.8 Å². The average Bonchev–Trinajstić information content (AvgIpc) is 3.11.